The monoisotopic (exact) mass is 196 g/mol. The minimum absolute atomic E-state index is 0.810. The fraction of sp³-hybridized carbons (Fsp3) is 0.0769. The maximum atomic E-state index is 4.11. The second-order valence-electron chi connectivity index (χ2n) is 3.33. The van der Waals surface area contributed by atoms with E-state index in [1.54, 1.807) is 6.20 Å². The lowest BCUT2D eigenvalue weighted by Crippen LogP contribution is -1.94. The largest absolute Gasteiger partial charge is 0.159 e. The van der Waals surface area contributed by atoms with Crippen LogP contribution < -0.4 is 0 Å². The number of hydrogen-bond acceptors (Lipinski definition) is 2. The highest BCUT2D eigenvalue weighted by Crippen LogP contribution is 2.11. The molecule has 1 aliphatic rings. The van der Waals surface area contributed by atoms with Crippen LogP contribution in [0, 0.1) is 0 Å². The predicted octanol–water partition coefficient (Wildman–Crippen LogP) is 2.71. The number of rotatable bonds is 0. The van der Waals surface area contributed by atoms with Crippen LogP contribution in [0.4, 0.5) is 0 Å². The lowest BCUT2D eigenvalue weighted by Gasteiger charge is -2.01. The molecule has 2 rings (SSSR count). The second kappa shape index (κ2) is 4.51. The molecule has 15 heavy (non-hydrogen) atoms. The molecule has 0 atom stereocenters. The van der Waals surface area contributed by atoms with Gasteiger partial charge in [-0.25, -0.2) is 0 Å². The van der Waals surface area contributed by atoms with E-state index in [1.165, 1.54) is 0 Å². The molecule has 2 heteroatoms. The highest BCUT2D eigenvalue weighted by atomic mass is 15.1. The summed E-state index contributed by atoms with van der Waals surface area (Å²) in [5.41, 5.74) is 3.07. The maximum absolute atomic E-state index is 4.11. The van der Waals surface area contributed by atoms with E-state index in [0.717, 1.165) is 23.3 Å². The van der Waals surface area contributed by atoms with E-state index in [-0.39, 0.29) is 0 Å². The molecule has 0 unspecified atom stereocenters. The first-order valence-electron chi connectivity index (χ1n) is 4.87. The van der Waals surface area contributed by atoms with Gasteiger partial charge in [-0.05, 0) is 17.2 Å². The SMILES string of the molecule is C=C1/C=C\C=C/Cc2nnccc2/C=C\1. The summed E-state index contributed by atoms with van der Waals surface area (Å²) in [6, 6.07) is 1.96. The molecule has 1 aromatic rings. The maximum Gasteiger partial charge on any atom is 0.0740 e. The molecule has 0 fully saturated rings. The molecule has 0 saturated heterocycles. The van der Waals surface area contributed by atoms with Gasteiger partial charge in [0.15, 0.2) is 0 Å². The van der Waals surface area contributed by atoms with Crippen molar-refractivity contribution in [2.45, 2.75) is 6.42 Å². The zero-order chi connectivity index (χ0) is 10.5. The van der Waals surface area contributed by atoms with Crippen LogP contribution in [0.15, 0.2) is 54.8 Å². The molecule has 0 saturated carbocycles. The number of allylic oxidation sites excluding steroid dienone is 6. The number of nitrogens with zero attached hydrogens (tertiary/aromatic N) is 2. The van der Waals surface area contributed by atoms with E-state index in [9.17, 15) is 0 Å². The first kappa shape index (κ1) is 9.59. The molecule has 0 aromatic carbocycles. The van der Waals surface area contributed by atoms with Crippen molar-refractivity contribution in [1.29, 1.82) is 0 Å². The van der Waals surface area contributed by atoms with Gasteiger partial charge in [-0.1, -0.05) is 43.0 Å². The van der Waals surface area contributed by atoms with E-state index in [4.69, 9.17) is 0 Å². The Balaban J connectivity index is 2.41. The standard InChI is InChI=1S/C13H12N2/c1-11-5-3-2-4-6-13-12(8-7-11)9-10-14-15-13/h2-5,7-10H,1,6H2/b4-2-,5-3-,8-7-. The van der Waals surface area contributed by atoms with Crippen LogP contribution in [0.1, 0.15) is 11.3 Å². The summed E-state index contributed by atoms with van der Waals surface area (Å²) in [6.45, 7) is 3.92. The van der Waals surface area contributed by atoms with E-state index < -0.39 is 0 Å². The molecule has 0 bridgehead atoms. The van der Waals surface area contributed by atoms with Crippen LogP contribution in [-0.2, 0) is 6.42 Å². The van der Waals surface area contributed by atoms with Crippen LogP contribution in [-0.4, -0.2) is 10.2 Å². The smallest absolute Gasteiger partial charge is 0.0740 e. The molecule has 1 heterocycles. The summed E-state index contributed by atoms with van der Waals surface area (Å²) in [5, 5.41) is 8.00. The van der Waals surface area contributed by atoms with Crippen molar-refractivity contribution in [2.24, 2.45) is 0 Å². The molecule has 0 aliphatic heterocycles. The Morgan fingerprint density at radius 3 is 3.00 bits per heavy atom. The van der Waals surface area contributed by atoms with Gasteiger partial charge in [-0.3, -0.25) is 0 Å². The first-order valence-corrected chi connectivity index (χ1v) is 4.87. The third-order valence-corrected chi connectivity index (χ3v) is 2.18. The minimum Gasteiger partial charge on any atom is -0.159 e. The lowest BCUT2D eigenvalue weighted by atomic mass is 10.1. The van der Waals surface area contributed by atoms with Gasteiger partial charge in [0.25, 0.3) is 0 Å². The van der Waals surface area contributed by atoms with Crippen molar-refractivity contribution >= 4 is 6.08 Å². The molecule has 0 radical (unpaired) electrons. The summed E-state index contributed by atoms with van der Waals surface area (Å²) >= 11 is 0. The van der Waals surface area contributed by atoms with Gasteiger partial charge in [-0.15, -0.1) is 0 Å². The van der Waals surface area contributed by atoms with Gasteiger partial charge in [-0.2, -0.15) is 10.2 Å². The molecule has 1 aliphatic carbocycles. The van der Waals surface area contributed by atoms with Gasteiger partial charge >= 0.3 is 0 Å². The molecule has 74 valence electrons. The van der Waals surface area contributed by atoms with Gasteiger partial charge in [0.2, 0.25) is 0 Å². The fourth-order valence-corrected chi connectivity index (χ4v) is 1.37. The van der Waals surface area contributed by atoms with E-state index in [0.29, 0.717) is 0 Å². The molecular formula is C13H12N2. The van der Waals surface area contributed by atoms with Crippen LogP contribution in [0.3, 0.4) is 0 Å². The lowest BCUT2D eigenvalue weighted by molar-refractivity contribution is 0.943. The average molecular weight is 196 g/mol. The molecule has 1 aromatic heterocycles. The molecule has 0 amide bonds. The Bertz CT molecular complexity index is 453. The summed E-state index contributed by atoms with van der Waals surface area (Å²) in [4.78, 5) is 0. The Kier molecular flexibility index (Phi) is 2.88. The van der Waals surface area contributed by atoms with Crippen LogP contribution in [0.5, 0.6) is 0 Å². The topological polar surface area (TPSA) is 25.8 Å². The van der Waals surface area contributed by atoms with Crippen molar-refractivity contribution in [3.8, 4) is 0 Å². The highest BCUT2D eigenvalue weighted by Gasteiger charge is 1.99. The molecule has 0 N–H and O–H groups in total. The zero-order valence-electron chi connectivity index (χ0n) is 8.43. The van der Waals surface area contributed by atoms with Crippen LogP contribution >= 0.6 is 0 Å². The van der Waals surface area contributed by atoms with Gasteiger partial charge < -0.3 is 0 Å². The molecular weight excluding hydrogens is 184 g/mol. The van der Waals surface area contributed by atoms with E-state index in [1.807, 2.05) is 36.4 Å². The predicted molar refractivity (Wildman–Crippen MR) is 62.2 cm³/mol. The fourth-order valence-electron chi connectivity index (χ4n) is 1.37. The quantitative estimate of drug-likeness (QED) is 0.637. The Morgan fingerprint density at radius 1 is 1.13 bits per heavy atom. The second-order valence-corrected chi connectivity index (χ2v) is 3.33. The summed E-state index contributed by atoms with van der Waals surface area (Å²) in [6.07, 6.45) is 14.5. The summed E-state index contributed by atoms with van der Waals surface area (Å²) < 4.78 is 0. The summed E-state index contributed by atoms with van der Waals surface area (Å²) in [5.74, 6) is 0. The van der Waals surface area contributed by atoms with Gasteiger partial charge in [0.05, 0.1) is 11.9 Å². The van der Waals surface area contributed by atoms with Gasteiger partial charge in [0, 0.05) is 6.42 Å². The highest BCUT2D eigenvalue weighted by molar-refractivity contribution is 5.56. The van der Waals surface area contributed by atoms with Crippen molar-refractivity contribution < 1.29 is 0 Å². The van der Waals surface area contributed by atoms with E-state index in [2.05, 4.69) is 22.9 Å². The Labute approximate surface area is 89.4 Å². The number of aromatic nitrogens is 2. The Hall–Kier alpha value is -1.96. The van der Waals surface area contributed by atoms with Crippen molar-refractivity contribution in [2.75, 3.05) is 0 Å². The normalized spacial score (nSPS) is 21.5. The van der Waals surface area contributed by atoms with Crippen molar-refractivity contribution in [1.82, 2.24) is 10.2 Å². The van der Waals surface area contributed by atoms with Crippen LogP contribution in [0.25, 0.3) is 6.08 Å². The molecule has 2 nitrogen and oxygen atoms in total. The average Bonchev–Trinajstić information content (AvgIpc) is 2.27. The number of hydrogen-bond donors (Lipinski definition) is 0. The third kappa shape index (κ3) is 2.50. The first-order chi connectivity index (χ1) is 7.36. The minimum atomic E-state index is 0.810. The van der Waals surface area contributed by atoms with E-state index >= 15 is 0 Å². The zero-order valence-corrected chi connectivity index (χ0v) is 8.43. The van der Waals surface area contributed by atoms with Gasteiger partial charge in [0.1, 0.15) is 0 Å². The van der Waals surface area contributed by atoms with Crippen molar-refractivity contribution in [3.05, 3.63) is 66.1 Å². The van der Waals surface area contributed by atoms with Crippen molar-refractivity contribution in [3.63, 3.8) is 0 Å². The van der Waals surface area contributed by atoms with Crippen LogP contribution in [0.2, 0.25) is 0 Å². The summed E-state index contributed by atoms with van der Waals surface area (Å²) in [7, 11) is 0. The molecule has 0 spiro atoms. The Morgan fingerprint density at radius 2 is 2.07 bits per heavy atom. The number of fused-ring (bicyclic) bond motifs is 1. The third-order valence-electron chi connectivity index (χ3n) is 2.18.